The molecule has 0 fully saturated rings. The van der Waals surface area contributed by atoms with Gasteiger partial charge in [-0.25, -0.2) is 0 Å². The molecule has 0 aliphatic rings. The molecule has 1 N–H and O–H groups in total. The van der Waals surface area contributed by atoms with Crippen molar-refractivity contribution in [3.05, 3.63) is 0 Å². The molecule has 0 aromatic rings. The van der Waals surface area contributed by atoms with Crippen molar-refractivity contribution in [2.45, 2.75) is 53.4 Å². The molecule has 0 aliphatic heterocycles. The highest BCUT2D eigenvalue weighted by molar-refractivity contribution is 5.77. The van der Waals surface area contributed by atoms with Crippen LogP contribution >= 0.6 is 0 Å². The lowest BCUT2D eigenvalue weighted by Gasteiger charge is -2.25. The van der Waals surface area contributed by atoms with E-state index >= 15 is 0 Å². The first-order valence-corrected chi connectivity index (χ1v) is 6.89. The van der Waals surface area contributed by atoms with Crippen LogP contribution in [0, 0.1) is 11.8 Å². The van der Waals surface area contributed by atoms with E-state index in [-0.39, 0.29) is 5.91 Å². The summed E-state index contributed by atoms with van der Waals surface area (Å²) in [5.74, 6) is -0.948. The van der Waals surface area contributed by atoms with Crippen LogP contribution in [0.2, 0.25) is 0 Å². The fraction of sp³-hybridized carbons (Fsp3) is 0.857. The van der Waals surface area contributed by atoms with E-state index < -0.39 is 11.9 Å². The minimum absolute atomic E-state index is 0.0780. The van der Waals surface area contributed by atoms with Crippen LogP contribution in [0.4, 0.5) is 0 Å². The lowest BCUT2D eigenvalue weighted by atomic mass is 10.1. The van der Waals surface area contributed by atoms with Gasteiger partial charge in [0.15, 0.2) is 0 Å². The van der Waals surface area contributed by atoms with Gasteiger partial charge in [0.2, 0.25) is 5.91 Å². The summed E-state index contributed by atoms with van der Waals surface area (Å²) >= 11 is 0. The Balaban J connectivity index is 4.40. The Morgan fingerprint density at radius 3 is 2.22 bits per heavy atom. The van der Waals surface area contributed by atoms with E-state index in [2.05, 4.69) is 6.92 Å². The zero-order valence-electron chi connectivity index (χ0n) is 12.1. The van der Waals surface area contributed by atoms with Gasteiger partial charge >= 0.3 is 5.97 Å². The molecule has 0 aromatic carbocycles. The van der Waals surface area contributed by atoms with E-state index in [1.54, 1.807) is 11.8 Å². The molecule has 0 saturated heterocycles. The van der Waals surface area contributed by atoms with Gasteiger partial charge in [-0.2, -0.15) is 0 Å². The molecule has 4 heteroatoms. The number of carboxylic acid groups (broad SMARTS) is 1. The molecule has 0 rings (SSSR count). The first-order valence-electron chi connectivity index (χ1n) is 6.89. The second kappa shape index (κ2) is 8.95. The van der Waals surface area contributed by atoms with Crippen LogP contribution in [0.25, 0.3) is 0 Å². The number of hydrogen-bond acceptors (Lipinski definition) is 2. The van der Waals surface area contributed by atoms with Gasteiger partial charge < -0.3 is 10.0 Å². The van der Waals surface area contributed by atoms with Gasteiger partial charge in [0.05, 0.1) is 5.92 Å². The number of carbonyl (C=O) groups excluding carboxylic acids is 1. The molecule has 0 bridgehead atoms. The minimum atomic E-state index is -0.840. The summed E-state index contributed by atoms with van der Waals surface area (Å²) in [5.41, 5.74) is 0. The van der Waals surface area contributed by atoms with Crippen molar-refractivity contribution < 1.29 is 14.7 Å². The summed E-state index contributed by atoms with van der Waals surface area (Å²) in [6.45, 7) is 8.77. The number of amides is 1. The normalized spacial score (nSPS) is 12.5. The molecule has 0 heterocycles. The molecule has 0 aromatic heterocycles. The Kier molecular flexibility index (Phi) is 8.42. The number of aliphatic carboxylic acids is 1. The van der Waals surface area contributed by atoms with E-state index in [4.69, 9.17) is 5.11 Å². The lowest BCUT2D eigenvalue weighted by molar-refractivity contribution is -0.143. The third-order valence-electron chi connectivity index (χ3n) is 2.88. The highest BCUT2D eigenvalue weighted by Crippen LogP contribution is 2.09. The smallest absolute Gasteiger partial charge is 0.308 e. The predicted octanol–water partition coefficient (Wildman–Crippen LogP) is 2.77. The molecule has 106 valence electrons. The van der Waals surface area contributed by atoms with Gasteiger partial charge in [-0.1, -0.05) is 40.5 Å². The van der Waals surface area contributed by atoms with Crippen LogP contribution in [0.1, 0.15) is 53.4 Å². The number of rotatable bonds is 9. The fourth-order valence-electron chi connectivity index (χ4n) is 1.76. The van der Waals surface area contributed by atoms with Gasteiger partial charge in [0.25, 0.3) is 0 Å². The van der Waals surface area contributed by atoms with E-state index in [1.807, 2.05) is 13.8 Å². The number of carbonyl (C=O) groups is 2. The number of hydrogen-bond donors (Lipinski definition) is 1. The number of nitrogens with zero attached hydrogens (tertiary/aromatic N) is 1. The number of carboxylic acids is 1. The Labute approximate surface area is 110 Å². The summed E-state index contributed by atoms with van der Waals surface area (Å²) < 4.78 is 0. The third kappa shape index (κ3) is 7.30. The molecule has 1 unspecified atom stereocenters. The van der Waals surface area contributed by atoms with Crippen LogP contribution in [0.5, 0.6) is 0 Å². The topological polar surface area (TPSA) is 57.6 Å². The van der Waals surface area contributed by atoms with Crippen molar-refractivity contribution in [2.75, 3.05) is 13.1 Å². The molecule has 0 radical (unpaired) electrons. The maximum atomic E-state index is 12.0. The van der Waals surface area contributed by atoms with Gasteiger partial charge in [-0.3, -0.25) is 9.59 Å². The summed E-state index contributed by atoms with van der Waals surface area (Å²) in [7, 11) is 0. The van der Waals surface area contributed by atoms with E-state index in [9.17, 15) is 9.59 Å². The molecule has 0 aliphatic carbocycles. The van der Waals surface area contributed by atoms with Crippen LogP contribution in [0.15, 0.2) is 0 Å². The standard InChI is InChI=1S/C14H27NO3/c1-5-6-7-8-15(10-12(4)14(17)18)13(16)9-11(2)3/h11-12H,5-10H2,1-4H3,(H,17,18). The molecule has 4 nitrogen and oxygen atoms in total. The van der Waals surface area contributed by atoms with Crippen LogP contribution in [-0.4, -0.2) is 35.0 Å². The van der Waals surface area contributed by atoms with Crippen molar-refractivity contribution in [1.29, 1.82) is 0 Å². The first kappa shape index (κ1) is 16.9. The van der Waals surface area contributed by atoms with Crippen molar-refractivity contribution in [1.82, 2.24) is 4.90 Å². The molecule has 0 spiro atoms. The Morgan fingerprint density at radius 2 is 1.78 bits per heavy atom. The highest BCUT2D eigenvalue weighted by atomic mass is 16.4. The second-order valence-corrected chi connectivity index (χ2v) is 5.38. The highest BCUT2D eigenvalue weighted by Gasteiger charge is 2.20. The Morgan fingerprint density at radius 1 is 1.17 bits per heavy atom. The zero-order chi connectivity index (χ0) is 14.1. The first-order chi connectivity index (χ1) is 8.38. The summed E-state index contributed by atoms with van der Waals surface area (Å²) in [6.07, 6.45) is 3.62. The van der Waals surface area contributed by atoms with Crippen LogP contribution in [0.3, 0.4) is 0 Å². The molecule has 1 amide bonds. The Hall–Kier alpha value is -1.06. The lowest BCUT2D eigenvalue weighted by Crippen LogP contribution is -2.38. The average molecular weight is 257 g/mol. The van der Waals surface area contributed by atoms with E-state index in [0.717, 1.165) is 19.3 Å². The number of unbranched alkanes of at least 4 members (excludes halogenated alkanes) is 2. The largest absolute Gasteiger partial charge is 0.481 e. The van der Waals surface area contributed by atoms with E-state index in [0.29, 0.717) is 25.4 Å². The molecular weight excluding hydrogens is 230 g/mol. The molecule has 0 saturated carbocycles. The average Bonchev–Trinajstić information content (AvgIpc) is 2.26. The Bertz CT molecular complexity index is 264. The molecule has 1 atom stereocenters. The maximum absolute atomic E-state index is 12.0. The second-order valence-electron chi connectivity index (χ2n) is 5.38. The summed E-state index contributed by atoms with van der Waals surface area (Å²) in [5, 5.41) is 8.93. The summed E-state index contributed by atoms with van der Waals surface area (Å²) in [4.78, 5) is 24.6. The van der Waals surface area contributed by atoms with Crippen molar-refractivity contribution in [3.63, 3.8) is 0 Å². The van der Waals surface area contributed by atoms with Crippen molar-refractivity contribution in [3.8, 4) is 0 Å². The summed E-state index contributed by atoms with van der Waals surface area (Å²) in [6, 6.07) is 0. The van der Waals surface area contributed by atoms with Gasteiger partial charge in [-0.05, 0) is 12.3 Å². The van der Waals surface area contributed by atoms with Gasteiger partial charge in [0.1, 0.15) is 0 Å². The monoisotopic (exact) mass is 257 g/mol. The van der Waals surface area contributed by atoms with Crippen LogP contribution < -0.4 is 0 Å². The minimum Gasteiger partial charge on any atom is -0.481 e. The van der Waals surface area contributed by atoms with Crippen molar-refractivity contribution in [2.24, 2.45) is 11.8 Å². The molecule has 18 heavy (non-hydrogen) atoms. The van der Waals surface area contributed by atoms with Crippen LogP contribution in [-0.2, 0) is 9.59 Å². The van der Waals surface area contributed by atoms with Crippen molar-refractivity contribution >= 4 is 11.9 Å². The fourth-order valence-corrected chi connectivity index (χ4v) is 1.76. The predicted molar refractivity (Wildman–Crippen MR) is 72.4 cm³/mol. The van der Waals surface area contributed by atoms with Gasteiger partial charge in [-0.15, -0.1) is 0 Å². The van der Waals surface area contributed by atoms with E-state index in [1.165, 1.54) is 0 Å². The quantitative estimate of drug-likeness (QED) is 0.646. The van der Waals surface area contributed by atoms with Gasteiger partial charge in [0, 0.05) is 19.5 Å². The maximum Gasteiger partial charge on any atom is 0.308 e. The molecular formula is C14H27NO3. The zero-order valence-corrected chi connectivity index (χ0v) is 12.1. The third-order valence-corrected chi connectivity index (χ3v) is 2.88. The SMILES string of the molecule is CCCCCN(CC(C)C(=O)O)C(=O)CC(C)C.